The van der Waals surface area contributed by atoms with Crippen LogP contribution < -0.4 is 4.74 Å². The number of carboxylic acids is 5. The highest BCUT2D eigenvalue weighted by atomic mass is 16.5. The third-order valence-corrected chi connectivity index (χ3v) is 4.95. The lowest BCUT2D eigenvalue weighted by Crippen LogP contribution is -2.32. The summed E-state index contributed by atoms with van der Waals surface area (Å²) >= 11 is 0. The molecule has 248 valence electrons. The monoisotopic (exact) mass is 634 g/mol. The van der Waals surface area contributed by atoms with Crippen molar-refractivity contribution in [1.82, 2.24) is 0 Å². The molecule has 0 fully saturated rings. The van der Waals surface area contributed by atoms with Gasteiger partial charge in [-0.15, -0.1) is 0 Å². The Labute approximate surface area is 251 Å². The van der Waals surface area contributed by atoms with Crippen LogP contribution in [0.15, 0.2) is 30.4 Å². The molecule has 0 amide bonds. The number of carboxylic acid groups (broad SMARTS) is 5. The molecule has 0 aliphatic rings. The summed E-state index contributed by atoms with van der Waals surface area (Å²) in [7, 11) is 0. The van der Waals surface area contributed by atoms with Crippen LogP contribution in [0.4, 0.5) is 0 Å². The van der Waals surface area contributed by atoms with E-state index in [4.69, 9.17) is 50.3 Å². The number of aliphatic carboxylic acids is 3. The fraction of sp³-hybridized carbons (Fsp3) is 0.481. The third kappa shape index (κ3) is 21.3. The van der Waals surface area contributed by atoms with E-state index in [0.29, 0.717) is 12.2 Å². The van der Waals surface area contributed by atoms with E-state index in [1.165, 1.54) is 12.1 Å². The first-order valence-electron chi connectivity index (χ1n) is 12.8. The molecule has 17 heteroatoms. The molecule has 0 radical (unpaired) electrons. The van der Waals surface area contributed by atoms with Gasteiger partial charge in [0.1, 0.15) is 11.3 Å². The topological polar surface area (TPSA) is 303 Å². The zero-order valence-corrected chi connectivity index (χ0v) is 23.9. The number of ether oxygens (including phenoxy) is 2. The molecular weight excluding hydrogens is 596 g/mol. The maximum absolute atomic E-state index is 11.6. The summed E-state index contributed by atoms with van der Waals surface area (Å²) in [5.41, 5.74) is -1.09. The van der Waals surface area contributed by atoms with Gasteiger partial charge in [-0.3, -0.25) is 9.59 Å². The van der Waals surface area contributed by atoms with Gasteiger partial charge in [0.15, 0.2) is 0 Å². The van der Waals surface area contributed by atoms with Crippen molar-refractivity contribution in [3.63, 3.8) is 0 Å². The van der Waals surface area contributed by atoms with Gasteiger partial charge in [-0.25, -0.2) is 19.2 Å². The van der Waals surface area contributed by atoms with Crippen LogP contribution in [0.25, 0.3) is 0 Å². The van der Waals surface area contributed by atoms with Gasteiger partial charge in [0.2, 0.25) is 0 Å². The van der Waals surface area contributed by atoms with E-state index in [-0.39, 0.29) is 51.1 Å². The lowest BCUT2D eigenvalue weighted by Gasteiger charge is -2.21. The fourth-order valence-electron chi connectivity index (χ4n) is 2.82. The SMILES string of the molecule is CC(O)COC(C)C(O)CC(O)CO.O=C(O)/C=C\C(=O)O.O=C(O)CCCCC(=O)Oc1cccc(C(=O)O)c1C(=O)O. The van der Waals surface area contributed by atoms with E-state index >= 15 is 0 Å². The number of esters is 1. The molecule has 1 aromatic carbocycles. The molecule has 4 atom stereocenters. The summed E-state index contributed by atoms with van der Waals surface area (Å²) in [5.74, 6) is -7.56. The maximum atomic E-state index is 11.6. The molecule has 0 aliphatic carbocycles. The first kappa shape index (κ1) is 41.7. The van der Waals surface area contributed by atoms with Gasteiger partial charge in [-0.2, -0.15) is 0 Å². The second-order valence-electron chi connectivity index (χ2n) is 8.90. The third-order valence-electron chi connectivity index (χ3n) is 4.95. The molecule has 4 unspecified atom stereocenters. The Morgan fingerprint density at radius 3 is 1.80 bits per heavy atom. The predicted molar refractivity (Wildman–Crippen MR) is 147 cm³/mol. The second kappa shape index (κ2) is 23.1. The van der Waals surface area contributed by atoms with Gasteiger partial charge >= 0.3 is 35.8 Å². The highest BCUT2D eigenvalue weighted by molar-refractivity contribution is 6.04. The number of benzene rings is 1. The minimum absolute atomic E-state index is 0.0669. The summed E-state index contributed by atoms with van der Waals surface area (Å²) in [6.45, 7) is 3.01. The van der Waals surface area contributed by atoms with Gasteiger partial charge in [0.25, 0.3) is 0 Å². The van der Waals surface area contributed by atoms with Crippen molar-refractivity contribution < 1.29 is 84.2 Å². The minimum atomic E-state index is -1.52. The van der Waals surface area contributed by atoms with Gasteiger partial charge in [0.05, 0.1) is 43.2 Å². The predicted octanol–water partition coefficient (Wildman–Crippen LogP) is 0.222. The van der Waals surface area contributed by atoms with E-state index in [0.717, 1.165) is 6.07 Å². The first-order chi connectivity index (χ1) is 20.4. The van der Waals surface area contributed by atoms with Gasteiger partial charge in [-0.05, 0) is 38.8 Å². The summed E-state index contributed by atoms with van der Waals surface area (Å²) in [6.07, 6.45) is -1.25. The van der Waals surface area contributed by atoms with E-state index in [2.05, 4.69) is 0 Å². The molecule has 0 aliphatic heterocycles. The van der Waals surface area contributed by atoms with Crippen molar-refractivity contribution in [2.75, 3.05) is 13.2 Å². The van der Waals surface area contributed by atoms with Crippen molar-refractivity contribution in [2.45, 2.75) is 70.4 Å². The van der Waals surface area contributed by atoms with Crippen LogP contribution in [0, 0.1) is 0 Å². The van der Waals surface area contributed by atoms with Crippen molar-refractivity contribution in [3.8, 4) is 5.75 Å². The molecular formula is C27H38O17. The molecule has 0 saturated carbocycles. The first-order valence-corrected chi connectivity index (χ1v) is 12.8. The number of carbonyl (C=O) groups is 6. The van der Waals surface area contributed by atoms with E-state index in [1.54, 1.807) is 13.8 Å². The van der Waals surface area contributed by atoms with Crippen molar-refractivity contribution in [2.24, 2.45) is 0 Å². The summed E-state index contributed by atoms with van der Waals surface area (Å²) in [4.78, 5) is 63.2. The minimum Gasteiger partial charge on any atom is -0.481 e. The molecule has 9 N–H and O–H groups in total. The number of unbranched alkanes of at least 4 members (excludes halogenated alkanes) is 1. The van der Waals surface area contributed by atoms with Gasteiger partial charge in [-0.1, -0.05) is 6.07 Å². The van der Waals surface area contributed by atoms with Gasteiger partial charge in [0, 0.05) is 31.4 Å². The van der Waals surface area contributed by atoms with Crippen LogP contribution >= 0.6 is 0 Å². The zero-order chi connectivity index (χ0) is 34.4. The molecule has 44 heavy (non-hydrogen) atoms. The molecule has 0 aromatic heterocycles. The normalized spacial score (nSPS) is 13.1. The number of rotatable bonds is 17. The quantitative estimate of drug-likeness (QED) is 0.0479. The van der Waals surface area contributed by atoms with E-state index in [1.807, 2.05) is 0 Å². The highest BCUT2D eigenvalue weighted by Gasteiger charge is 2.22. The fourth-order valence-corrected chi connectivity index (χ4v) is 2.82. The Morgan fingerprint density at radius 2 is 1.36 bits per heavy atom. The molecule has 1 aromatic rings. The molecule has 0 heterocycles. The van der Waals surface area contributed by atoms with E-state index < -0.39 is 71.4 Å². The standard InChI is InChI=1S/C14H14O8.C9H20O5.C4H4O4/c15-10(16)6-1-2-7-11(17)22-9-5-3-4-8(13(18)19)12(9)14(20)21;1-6(11)5-14-7(2)9(13)3-8(12)4-10;5-3(6)1-2-4(7)8/h3-5H,1-2,6-7H2,(H,15,16)(H,18,19)(H,20,21);6-13H,3-5H2,1-2H3;1-2H,(H,5,6)(H,7,8)/b;;2-1-. The Hall–Kier alpha value is -4.42. The number of hydrogen-bond acceptors (Lipinski definition) is 12. The number of aliphatic hydroxyl groups excluding tert-OH is 4. The van der Waals surface area contributed by atoms with Crippen LogP contribution in [0.3, 0.4) is 0 Å². The van der Waals surface area contributed by atoms with Gasteiger partial charge < -0.3 is 55.4 Å². The Morgan fingerprint density at radius 1 is 0.818 bits per heavy atom. The number of hydrogen-bond donors (Lipinski definition) is 9. The second-order valence-corrected chi connectivity index (χ2v) is 8.90. The lowest BCUT2D eigenvalue weighted by atomic mass is 10.1. The van der Waals surface area contributed by atoms with Crippen LogP contribution in [0.2, 0.25) is 0 Å². The Kier molecular flexibility index (Phi) is 21.9. The summed E-state index contributed by atoms with van der Waals surface area (Å²) < 4.78 is 9.99. The molecule has 17 nitrogen and oxygen atoms in total. The largest absolute Gasteiger partial charge is 0.481 e. The lowest BCUT2D eigenvalue weighted by molar-refractivity contribution is -0.138. The molecule has 0 bridgehead atoms. The smallest absolute Gasteiger partial charge is 0.340 e. The molecule has 1 rings (SSSR count). The maximum Gasteiger partial charge on any atom is 0.340 e. The van der Waals surface area contributed by atoms with Crippen molar-refractivity contribution in [1.29, 1.82) is 0 Å². The number of aliphatic hydroxyl groups is 4. The van der Waals surface area contributed by atoms with Crippen LogP contribution in [-0.2, 0) is 23.9 Å². The summed E-state index contributed by atoms with van der Waals surface area (Å²) in [5, 5.41) is 78.0. The highest BCUT2D eigenvalue weighted by Crippen LogP contribution is 2.23. The Balaban J connectivity index is 0. The Bertz CT molecular complexity index is 1100. The summed E-state index contributed by atoms with van der Waals surface area (Å²) in [6, 6.07) is 3.55. The van der Waals surface area contributed by atoms with Crippen molar-refractivity contribution >= 4 is 35.8 Å². The van der Waals surface area contributed by atoms with Crippen LogP contribution in [-0.4, -0.2) is 119 Å². The molecule has 0 saturated heterocycles. The zero-order valence-electron chi connectivity index (χ0n) is 23.9. The molecule has 0 spiro atoms. The van der Waals surface area contributed by atoms with E-state index in [9.17, 15) is 33.9 Å². The average molecular weight is 635 g/mol. The number of carbonyl (C=O) groups excluding carboxylic acids is 1. The number of aromatic carboxylic acids is 2. The van der Waals surface area contributed by atoms with Crippen molar-refractivity contribution in [3.05, 3.63) is 41.5 Å². The van der Waals surface area contributed by atoms with Crippen LogP contribution in [0.5, 0.6) is 5.75 Å². The average Bonchev–Trinajstić information content (AvgIpc) is 2.93. The van der Waals surface area contributed by atoms with Crippen LogP contribution in [0.1, 0.15) is 66.7 Å².